The lowest BCUT2D eigenvalue weighted by molar-refractivity contribution is -0.133. The zero-order valence-electron chi connectivity index (χ0n) is 16.2. The number of carbonyl (C=O) groups is 2. The van der Waals surface area contributed by atoms with Crippen LogP contribution in [0.3, 0.4) is 0 Å². The summed E-state index contributed by atoms with van der Waals surface area (Å²) >= 11 is 0. The van der Waals surface area contributed by atoms with Crippen LogP contribution < -0.4 is 4.90 Å². The van der Waals surface area contributed by atoms with Crippen LogP contribution in [-0.4, -0.2) is 66.1 Å². The van der Waals surface area contributed by atoms with Gasteiger partial charge in [-0.15, -0.1) is 0 Å². The molecule has 3 fully saturated rings. The molecule has 3 aliphatic rings. The lowest BCUT2D eigenvalue weighted by Crippen LogP contribution is -2.42. The quantitative estimate of drug-likeness (QED) is 0.798. The first-order valence-electron chi connectivity index (χ1n) is 10.1. The molecular weight excluding hydrogens is 368 g/mol. The average molecular weight is 392 g/mol. The number of fused-ring (bicyclic) bond motifs is 1. The number of hydrogen-bond acceptors (Lipinski definition) is 5. The highest BCUT2D eigenvalue weighted by Gasteiger charge is 2.49. The molecule has 2 aromatic rings. The number of hydrogen-bond donors (Lipinski definition) is 0. The topological polar surface area (TPSA) is 66.0 Å². The van der Waals surface area contributed by atoms with Gasteiger partial charge in [0.1, 0.15) is 13.2 Å². The number of likely N-dealkylation sites (tertiary alicyclic amines) is 1. The summed E-state index contributed by atoms with van der Waals surface area (Å²) in [4.78, 5) is 35.0. The van der Waals surface area contributed by atoms with E-state index in [1.165, 1.54) is 10.6 Å². The van der Waals surface area contributed by atoms with E-state index < -0.39 is 6.09 Å². The van der Waals surface area contributed by atoms with E-state index in [1.54, 1.807) is 0 Å². The van der Waals surface area contributed by atoms with E-state index in [9.17, 15) is 9.59 Å². The third kappa shape index (κ3) is 3.30. The molecule has 4 heterocycles. The summed E-state index contributed by atoms with van der Waals surface area (Å²) < 4.78 is 4.98. The molecule has 1 aromatic carbocycles. The molecule has 3 saturated heterocycles. The molecule has 1 aromatic heterocycles. The number of amides is 2. The Morgan fingerprint density at radius 1 is 1.07 bits per heavy atom. The fraction of sp³-hybridized carbons (Fsp3) is 0.409. The van der Waals surface area contributed by atoms with Crippen molar-refractivity contribution in [3.05, 3.63) is 60.4 Å². The lowest BCUT2D eigenvalue weighted by Gasteiger charge is -2.31. The highest BCUT2D eigenvalue weighted by atomic mass is 16.6. The molecular formula is C22H24N4O3. The van der Waals surface area contributed by atoms with Crippen LogP contribution in [0.4, 0.5) is 10.5 Å². The summed E-state index contributed by atoms with van der Waals surface area (Å²) in [6, 6.07) is 14.4. The Labute approximate surface area is 169 Å². The van der Waals surface area contributed by atoms with Crippen molar-refractivity contribution in [3.8, 4) is 0 Å². The van der Waals surface area contributed by atoms with Crippen molar-refractivity contribution in [2.24, 2.45) is 11.8 Å². The number of aromatic nitrogens is 1. The van der Waals surface area contributed by atoms with E-state index in [-0.39, 0.29) is 18.5 Å². The Morgan fingerprint density at radius 3 is 2.59 bits per heavy atom. The summed E-state index contributed by atoms with van der Waals surface area (Å²) in [6.07, 6.45) is 3.25. The van der Waals surface area contributed by atoms with Gasteiger partial charge >= 0.3 is 6.09 Å². The molecule has 3 atom stereocenters. The summed E-state index contributed by atoms with van der Waals surface area (Å²) in [7, 11) is 0. The van der Waals surface area contributed by atoms with Crippen molar-refractivity contribution >= 4 is 17.7 Å². The minimum atomic E-state index is -0.391. The number of nitrogens with zero attached hydrogens (tertiary/aromatic N) is 4. The summed E-state index contributed by atoms with van der Waals surface area (Å²) in [6.45, 7) is 3.48. The van der Waals surface area contributed by atoms with Crippen molar-refractivity contribution in [2.75, 3.05) is 44.2 Å². The van der Waals surface area contributed by atoms with Gasteiger partial charge in [-0.1, -0.05) is 30.3 Å². The van der Waals surface area contributed by atoms with Gasteiger partial charge in [-0.05, 0) is 17.7 Å². The van der Waals surface area contributed by atoms with Crippen LogP contribution in [-0.2, 0) is 9.53 Å². The van der Waals surface area contributed by atoms with Crippen LogP contribution in [0, 0.1) is 11.8 Å². The maximum absolute atomic E-state index is 13.2. The van der Waals surface area contributed by atoms with Gasteiger partial charge in [0.05, 0.1) is 12.6 Å². The first-order chi connectivity index (χ1) is 14.2. The van der Waals surface area contributed by atoms with E-state index in [0.29, 0.717) is 31.5 Å². The van der Waals surface area contributed by atoms with Gasteiger partial charge in [0.25, 0.3) is 0 Å². The minimum Gasteiger partial charge on any atom is -0.448 e. The minimum absolute atomic E-state index is 0.00237. The average Bonchev–Trinajstić information content (AvgIpc) is 3.44. The van der Waals surface area contributed by atoms with Crippen molar-refractivity contribution < 1.29 is 14.3 Å². The first kappa shape index (κ1) is 18.0. The monoisotopic (exact) mass is 392 g/mol. The molecule has 7 heteroatoms. The number of cyclic esters (lactones) is 1. The molecule has 0 saturated carbocycles. The van der Waals surface area contributed by atoms with Crippen molar-refractivity contribution in [2.45, 2.75) is 6.04 Å². The predicted molar refractivity (Wildman–Crippen MR) is 107 cm³/mol. The molecule has 5 rings (SSSR count). The van der Waals surface area contributed by atoms with Gasteiger partial charge in [0.15, 0.2) is 0 Å². The Bertz CT molecular complexity index is 891. The van der Waals surface area contributed by atoms with E-state index in [4.69, 9.17) is 4.74 Å². The number of rotatable bonds is 4. The van der Waals surface area contributed by atoms with Crippen LogP contribution in [0.1, 0.15) is 11.6 Å². The zero-order valence-corrected chi connectivity index (χ0v) is 16.2. The second-order valence-corrected chi connectivity index (χ2v) is 7.97. The van der Waals surface area contributed by atoms with Gasteiger partial charge in [0.2, 0.25) is 5.91 Å². The van der Waals surface area contributed by atoms with Gasteiger partial charge in [-0.2, -0.15) is 0 Å². The van der Waals surface area contributed by atoms with Crippen LogP contribution in [0.25, 0.3) is 0 Å². The SMILES string of the molecule is O=C1OCCN1CC(=O)N1C[C@@H]2CN(c3ccncc3)C[C@@H]2[C@H]1c1ccccc1. The number of carbonyl (C=O) groups excluding carboxylic acids is 2. The third-order valence-electron chi connectivity index (χ3n) is 6.32. The zero-order chi connectivity index (χ0) is 19.8. The van der Waals surface area contributed by atoms with Crippen molar-refractivity contribution in [1.82, 2.24) is 14.8 Å². The maximum atomic E-state index is 13.2. The third-order valence-corrected chi connectivity index (χ3v) is 6.32. The molecule has 0 unspecified atom stereocenters. The van der Waals surface area contributed by atoms with E-state index in [0.717, 1.165) is 18.7 Å². The second kappa shape index (κ2) is 7.39. The Kier molecular flexibility index (Phi) is 4.58. The Hall–Kier alpha value is -3.09. The summed E-state index contributed by atoms with van der Waals surface area (Å²) in [5.74, 6) is 0.769. The second-order valence-electron chi connectivity index (χ2n) is 7.97. The Morgan fingerprint density at radius 2 is 1.86 bits per heavy atom. The molecule has 0 aliphatic carbocycles. The maximum Gasteiger partial charge on any atom is 0.410 e. The standard InChI is InChI=1S/C22H24N4O3/c27-20(15-24-10-11-29-22(24)28)26-13-17-12-25(18-6-8-23-9-7-18)14-19(17)21(26)16-4-2-1-3-5-16/h1-9,17,19,21H,10-15H2/t17-,19-,21+/m0/s1. The van der Waals surface area contributed by atoms with Crippen molar-refractivity contribution in [1.29, 1.82) is 0 Å². The highest BCUT2D eigenvalue weighted by Crippen LogP contribution is 2.45. The molecule has 2 amide bonds. The number of benzene rings is 1. The predicted octanol–water partition coefficient (Wildman–Crippen LogP) is 2.17. The largest absolute Gasteiger partial charge is 0.448 e. The van der Waals surface area contributed by atoms with E-state index in [2.05, 4.69) is 22.0 Å². The van der Waals surface area contributed by atoms with E-state index in [1.807, 2.05) is 47.6 Å². The number of pyridine rings is 1. The van der Waals surface area contributed by atoms with Crippen LogP contribution in [0.5, 0.6) is 0 Å². The van der Waals surface area contributed by atoms with Crippen LogP contribution in [0.15, 0.2) is 54.9 Å². The van der Waals surface area contributed by atoms with Gasteiger partial charge in [0, 0.05) is 49.6 Å². The molecule has 0 bridgehead atoms. The fourth-order valence-corrected chi connectivity index (χ4v) is 4.97. The van der Waals surface area contributed by atoms with Crippen LogP contribution >= 0.6 is 0 Å². The Balaban J connectivity index is 1.39. The first-order valence-corrected chi connectivity index (χ1v) is 10.1. The van der Waals surface area contributed by atoms with Gasteiger partial charge in [-0.25, -0.2) is 4.79 Å². The molecule has 7 nitrogen and oxygen atoms in total. The molecule has 29 heavy (non-hydrogen) atoms. The molecule has 0 spiro atoms. The number of anilines is 1. The van der Waals surface area contributed by atoms with E-state index >= 15 is 0 Å². The normalized spacial score (nSPS) is 26.0. The summed E-state index contributed by atoms with van der Waals surface area (Å²) in [5, 5.41) is 0. The summed E-state index contributed by atoms with van der Waals surface area (Å²) in [5.41, 5.74) is 2.34. The molecule has 3 aliphatic heterocycles. The van der Waals surface area contributed by atoms with Gasteiger partial charge in [-0.3, -0.25) is 14.7 Å². The van der Waals surface area contributed by atoms with Gasteiger partial charge < -0.3 is 14.5 Å². The fourth-order valence-electron chi connectivity index (χ4n) is 4.97. The smallest absolute Gasteiger partial charge is 0.410 e. The number of ether oxygens (including phenoxy) is 1. The van der Waals surface area contributed by atoms with Crippen LogP contribution in [0.2, 0.25) is 0 Å². The molecule has 0 N–H and O–H groups in total. The molecule has 150 valence electrons. The van der Waals surface area contributed by atoms with Crippen molar-refractivity contribution in [3.63, 3.8) is 0 Å². The molecule has 0 radical (unpaired) electrons. The highest BCUT2D eigenvalue weighted by molar-refractivity contribution is 5.83. The lowest BCUT2D eigenvalue weighted by atomic mass is 9.89.